The van der Waals surface area contributed by atoms with Crippen LogP contribution in [-0.2, 0) is 28.6 Å². The molecule has 6 heteroatoms. The maximum absolute atomic E-state index is 12.8. The fraction of sp³-hybridized carbons (Fsp3) is 0.650. The Morgan fingerprint density at radius 1 is 0.333 bits per heavy atom. The molecule has 66 heavy (non-hydrogen) atoms. The van der Waals surface area contributed by atoms with Crippen molar-refractivity contribution in [3.8, 4) is 0 Å². The van der Waals surface area contributed by atoms with Gasteiger partial charge in [0.05, 0.1) is 0 Å². The van der Waals surface area contributed by atoms with E-state index in [2.05, 4.69) is 130 Å². The third kappa shape index (κ3) is 51.1. The Hall–Kier alpha value is -3.93. The molecule has 0 saturated heterocycles. The van der Waals surface area contributed by atoms with Gasteiger partial charge in [0.2, 0.25) is 0 Å². The molecule has 0 aromatic carbocycles. The second kappa shape index (κ2) is 53.7. The summed E-state index contributed by atoms with van der Waals surface area (Å²) in [6.07, 6.45) is 72.0. The molecule has 0 aliphatic carbocycles. The molecular weight excluding hydrogens is 817 g/mol. The van der Waals surface area contributed by atoms with E-state index < -0.39 is 6.10 Å². The molecule has 0 rings (SSSR count). The molecule has 0 aromatic rings. The minimum atomic E-state index is -0.803. The summed E-state index contributed by atoms with van der Waals surface area (Å²) in [5, 5.41) is 0. The van der Waals surface area contributed by atoms with Crippen LogP contribution in [0.15, 0.2) is 109 Å². The summed E-state index contributed by atoms with van der Waals surface area (Å²) < 4.78 is 16.8. The summed E-state index contributed by atoms with van der Waals surface area (Å²) in [5.41, 5.74) is 0. The minimum absolute atomic E-state index is 0.102. The summed E-state index contributed by atoms with van der Waals surface area (Å²) >= 11 is 0. The quantitative estimate of drug-likeness (QED) is 0.0199. The molecular formula is C60H98O6. The van der Waals surface area contributed by atoms with Crippen LogP contribution in [0.5, 0.6) is 0 Å². The van der Waals surface area contributed by atoms with Crippen LogP contribution in [0.4, 0.5) is 0 Å². The van der Waals surface area contributed by atoms with Crippen molar-refractivity contribution >= 4 is 17.9 Å². The SMILES string of the molecule is CC/C=C/C=C/C=C/CCCCCCCC(=O)OCC(COC(=O)CCCCCCC/C=C/C=C/C=C/C=C/CCCCC)OC(=O)CCCCCCCCC/C=C/C/C=C/CCCCC. The number of ether oxygens (including phenoxy) is 3. The minimum Gasteiger partial charge on any atom is -0.462 e. The molecule has 374 valence electrons. The molecule has 0 N–H and O–H groups in total. The lowest BCUT2D eigenvalue weighted by Crippen LogP contribution is -2.30. The average Bonchev–Trinajstić information content (AvgIpc) is 3.31. The van der Waals surface area contributed by atoms with Crippen LogP contribution < -0.4 is 0 Å². The van der Waals surface area contributed by atoms with Crippen LogP contribution in [0.1, 0.15) is 233 Å². The second-order valence-electron chi connectivity index (χ2n) is 17.5. The smallest absolute Gasteiger partial charge is 0.306 e. The lowest BCUT2D eigenvalue weighted by atomic mass is 10.1. The fourth-order valence-electron chi connectivity index (χ4n) is 7.07. The van der Waals surface area contributed by atoms with Crippen LogP contribution in [0.25, 0.3) is 0 Å². The van der Waals surface area contributed by atoms with Crippen molar-refractivity contribution in [2.45, 2.75) is 239 Å². The van der Waals surface area contributed by atoms with Crippen LogP contribution in [0.2, 0.25) is 0 Å². The summed E-state index contributed by atoms with van der Waals surface area (Å²) in [4.78, 5) is 38.1. The van der Waals surface area contributed by atoms with E-state index in [0.717, 1.165) is 122 Å². The highest BCUT2D eigenvalue weighted by atomic mass is 16.6. The van der Waals surface area contributed by atoms with Crippen molar-refractivity contribution in [3.63, 3.8) is 0 Å². The summed E-state index contributed by atoms with van der Waals surface area (Å²) in [6.45, 7) is 6.39. The van der Waals surface area contributed by atoms with Crippen molar-refractivity contribution < 1.29 is 28.6 Å². The molecule has 0 bridgehead atoms. The van der Waals surface area contributed by atoms with E-state index in [0.29, 0.717) is 19.3 Å². The Bertz CT molecular complexity index is 1370. The average molecular weight is 915 g/mol. The van der Waals surface area contributed by atoms with Crippen molar-refractivity contribution in [1.82, 2.24) is 0 Å². The topological polar surface area (TPSA) is 78.9 Å². The van der Waals surface area contributed by atoms with Crippen molar-refractivity contribution in [2.24, 2.45) is 0 Å². The lowest BCUT2D eigenvalue weighted by Gasteiger charge is -2.18. The first-order valence-corrected chi connectivity index (χ1v) is 27.0. The van der Waals surface area contributed by atoms with Gasteiger partial charge in [-0.3, -0.25) is 14.4 Å². The Balaban J connectivity index is 4.48. The molecule has 0 aromatic heterocycles. The molecule has 0 aliphatic rings. The van der Waals surface area contributed by atoms with E-state index >= 15 is 0 Å². The first-order valence-electron chi connectivity index (χ1n) is 27.0. The van der Waals surface area contributed by atoms with Gasteiger partial charge >= 0.3 is 17.9 Å². The number of hydrogen-bond donors (Lipinski definition) is 0. The molecule has 0 heterocycles. The number of esters is 3. The number of rotatable bonds is 47. The third-order valence-corrected chi connectivity index (χ3v) is 11.1. The largest absolute Gasteiger partial charge is 0.462 e. The van der Waals surface area contributed by atoms with E-state index in [1.165, 1.54) is 70.6 Å². The Morgan fingerprint density at radius 2 is 0.652 bits per heavy atom. The highest BCUT2D eigenvalue weighted by Crippen LogP contribution is 2.14. The van der Waals surface area contributed by atoms with Gasteiger partial charge in [0, 0.05) is 19.3 Å². The van der Waals surface area contributed by atoms with Gasteiger partial charge in [0.1, 0.15) is 13.2 Å². The van der Waals surface area contributed by atoms with Gasteiger partial charge in [0.25, 0.3) is 0 Å². The van der Waals surface area contributed by atoms with Gasteiger partial charge in [-0.2, -0.15) is 0 Å². The van der Waals surface area contributed by atoms with Gasteiger partial charge in [0.15, 0.2) is 6.10 Å². The maximum Gasteiger partial charge on any atom is 0.306 e. The molecule has 0 radical (unpaired) electrons. The molecule has 0 saturated carbocycles. The summed E-state index contributed by atoms with van der Waals surface area (Å²) in [7, 11) is 0. The zero-order valence-electron chi connectivity index (χ0n) is 42.7. The highest BCUT2D eigenvalue weighted by Gasteiger charge is 2.19. The van der Waals surface area contributed by atoms with E-state index in [1.807, 2.05) is 0 Å². The van der Waals surface area contributed by atoms with Crippen LogP contribution >= 0.6 is 0 Å². The lowest BCUT2D eigenvalue weighted by molar-refractivity contribution is -0.167. The molecule has 0 fully saturated rings. The number of allylic oxidation sites excluding steroid dienone is 18. The van der Waals surface area contributed by atoms with Crippen molar-refractivity contribution in [1.29, 1.82) is 0 Å². The molecule has 0 spiro atoms. The third-order valence-electron chi connectivity index (χ3n) is 11.1. The molecule has 1 unspecified atom stereocenters. The van der Waals surface area contributed by atoms with E-state index in [1.54, 1.807) is 0 Å². The Labute approximate surface area is 406 Å². The molecule has 0 amide bonds. The van der Waals surface area contributed by atoms with Gasteiger partial charge < -0.3 is 14.2 Å². The monoisotopic (exact) mass is 915 g/mol. The van der Waals surface area contributed by atoms with Gasteiger partial charge in [-0.05, 0) is 96.3 Å². The van der Waals surface area contributed by atoms with Gasteiger partial charge in [-0.25, -0.2) is 0 Å². The fourth-order valence-corrected chi connectivity index (χ4v) is 7.07. The van der Waals surface area contributed by atoms with Gasteiger partial charge in [-0.15, -0.1) is 0 Å². The second-order valence-corrected chi connectivity index (χ2v) is 17.5. The first kappa shape index (κ1) is 62.1. The van der Waals surface area contributed by atoms with Gasteiger partial charge in [-0.1, -0.05) is 226 Å². The van der Waals surface area contributed by atoms with E-state index in [4.69, 9.17) is 14.2 Å². The van der Waals surface area contributed by atoms with E-state index in [9.17, 15) is 14.4 Å². The van der Waals surface area contributed by atoms with Crippen molar-refractivity contribution in [3.05, 3.63) is 109 Å². The number of hydrogen-bond acceptors (Lipinski definition) is 6. The normalized spacial score (nSPS) is 13.0. The van der Waals surface area contributed by atoms with Crippen LogP contribution in [-0.4, -0.2) is 37.2 Å². The van der Waals surface area contributed by atoms with Crippen LogP contribution in [0.3, 0.4) is 0 Å². The Morgan fingerprint density at radius 3 is 1.05 bits per heavy atom. The summed E-state index contributed by atoms with van der Waals surface area (Å²) in [5.74, 6) is -0.954. The number of carbonyl (C=O) groups excluding carboxylic acids is 3. The standard InChI is InChI=1S/C60H98O6/c1-4-7-10-13-16-19-22-25-27-29-31-32-35-38-41-44-47-50-53-59(62)65-56-57(55-64-58(61)52-49-46-43-40-37-34-24-21-18-15-12-9-6-3)66-60(63)54-51-48-45-42-39-36-33-30-28-26-23-20-17-14-11-8-5-2/h9,12,15-22,24-29,31-32,57H,4-8,10-11,13-14,23,30,33-56H2,1-3H3/b12-9+,18-15+,19-16+,20-17+,24-21+,25-22+,28-26+,29-27+,32-31+. The number of unbranched alkanes of at least 4 members (excludes halogenated alkanes) is 23. The first-order chi connectivity index (χ1) is 32.5. The zero-order chi connectivity index (χ0) is 47.9. The zero-order valence-corrected chi connectivity index (χ0v) is 42.7. The predicted molar refractivity (Wildman–Crippen MR) is 283 cm³/mol. The number of carbonyl (C=O) groups is 3. The molecule has 0 aliphatic heterocycles. The maximum atomic E-state index is 12.8. The molecule has 1 atom stereocenters. The highest BCUT2D eigenvalue weighted by molar-refractivity contribution is 5.71. The van der Waals surface area contributed by atoms with Crippen LogP contribution in [0, 0.1) is 0 Å². The summed E-state index contributed by atoms with van der Waals surface area (Å²) in [6, 6.07) is 0. The predicted octanol–water partition coefficient (Wildman–Crippen LogP) is 17.9. The molecule has 6 nitrogen and oxygen atoms in total. The van der Waals surface area contributed by atoms with E-state index in [-0.39, 0.29) is 31.1 Å². The Kier molecular flexibility index (Phi) is 50.5. The van der Waals surface area contributed by atoms with Crippen molar-refractivity contribution in [2.75, 3.05) is 13.2 Å².